The van der Waals surface area contributed by atoms with Crippen molar-refractivity contribution in [3.8, 4) is 0 Å². The molecule has 1 aromatic heterocycles. The first kappa shape index (κ1) is 25.3. The molecular formula is C27H36N4O3. The summed E-state index contributed by atoms with van der Waals surface area (Å²) < 4.78 is 1.85. The van der Waals surface area contributed by atoms with Crippen molar-refractivity contribution in [2.45, 2.75) is 65.3 Å². The Morgan fingerprint density at radius 3 is 2.15 bits per heavy atom. The molecule has 34 heavy (non-hydrogen) atoms. The third kappa shape index (κ3) is 6.60. The number of benzene rings is 2. The average molecular weight is 465 g/mol. The first-order chi connectivity index (χ1) is 15.8. The summed E-state index contributed by atoms with van der Waals surface area (Å²) in [7, 11) is 0. The highest BCUT2D eigenvalue weighted by Gasteiger charge is 2.22. The number of hydrogen-bond donors (Lipinski definition) is 4. The van der Waals surface area contributed by atoms with Crippen molar-refractivity contribution >= 4 is 28.4 Å². The van der Waals surface area contributed by atoms with Crippen LogP contribution in [-0.2, 0) is 6.54 Å². The van der Waals surface area contributed by atoms with Gasteiger partial charge in [-0.3, -0.25) is 9.59 Å². The van der Waals surface area contributed by atoms with Crippen LogP contribution >= 0.6 is 0 Å². The number of rotatable bonds is 7. The Morgan fingerprint density at radius 2 is 1.47 bits per heavy atom. The van der Waals surface area contributed by atoms with Gasteiger partial charge < -0.3 is 25.6 Å². The molecule has 0 aliphatic heterocycles. The normalized spacial score (nSPS) is 12.9. The van der Waals surface area contributed by atoms with E-state index in [1.807, 2.05) is 94.6 Å². The fourth-order valence-electron chi connectivity index (χ4n) is 3.75. The molecule has 0 fully saturated rings. The zero-order valence-corrected chi connectivity index (χ0v) is 20.9. The lowest BCUT2D eigenvalue weighted by Crippen LogP contribution is -2.41. The summed E-state index contributed by atoms with van der Waals surface area (Å²) in [6, 6.07) is 16.8. The quantitative estimate of drug-likeness (QED) is 0.422. The molecule has 0 spiro atoms. The van der Waals surface area contributed by atoms with Crippen LogP contribution in [0.4, 0.5) is 5.69 Å². The third-order valence-corrected chi connectivity index (χ3v) is 5.11. The van der Waals surface area contributed by atoms with Gasteiger partial charge in [0.05, 0.1) is 18.2 Å². The number of aliphatic hydroxyl groups excluding tert-OH is 1. The third-order valence-electron chi connectivity index (χ3n) is 5.11. The van der Waals surface area contributed by atoms with E-state index in [-0.39, 0.29) is 36.0 Å². The smallest absolute Gasteiger partial charge is 0.268 e. The molecule has 0 saturated carbocycles. The standard InChI is InChI=1S/C27H36N4O3/c1-26(2,3)29-24(33)20-12-8-9-13-21(20)28-16-19(32)17-31-22-14-10-7-11-18(22)15-23(31)25(34)30-27(4,5)6/h7-15,19,28,32H,16-17H2,1-6H3,(H,29,33)(H,30,34). The van der Waals surface area contributed by atoms with E-state index in [9.17, 15) is 14.7 Å². The van der Waals surface area contributed by atoms with E-state index >= 15 is 0 Å². The molecule has 2 aromatic carbocycles. The number of hydrogen-bond acceptors (Lipinski definition) is 4. The molecule has 4 N–H and O–H groups in total. The van der Waals surface area contributed by atoms with Crippen LogP contribution in [0.25, 0.3) is 10.9 Å². The lowest BCUT2D eigenvalue weighted by atomic mass is 10.1. The number of nitrogens with one attached hydrogen (secondary N) is 3. The van der Waals surface area contributed by atoms with Crippen LogP contribution in [0, 0.1) is 0 Å². The monoisotopic (exact) mass is 464 g/mol. The summed E-state index contributed by atoms with van der Waals surface area (Å²) >= 11 is 0. The van der Waals surface area contributed by atoms with Crippen LogP contribution in [0.5, 0.6) is 0 Å². The SMILES string of the molecule is CC(C)(C)NC(=O)c1ccccc1NCC(O)Cn1c(C(=O)NC(C)(C)C)cc2ccccc21. The maximum Gasteiger partial charge on any atom is 0.268 e. The summed E-state index contributed by atoms with van der Waals surface area (Å²) in [6.45, 7) is 12.0. The molecule has 0 saturated heterocycles. The van der Waals surface area contributed by atoms with Crippen molar-refractivity contribution < 1.29 is 14.7 Å². The molecule has 3 rings (SSSR count). The maximum absolute atomic E-state index is 13.0. The lowest BCUT2D eigenvalue weighted by Gasteiger charge is -2.23. The van der Waals surface area contributed by atoms with Gasteiger partial charge in [0.25, 0.3) is 11.8 Å². The van der Waals surface area contributed by atoms with Crippen LogP contribution in [-0.4, -0.2) is 45.2 Å². The fraction of sp³-hybridized carbons (Fsp3) is 0.407. The molecule has 1 atom stereocenters. The largest absolute Gasteiger partial charge is 0.389 e. The number of fused-ring (bicyclic) bond motifs is 1. The minimum atomic E-state index is -0.796. The highest BCUT2D eigenvalue weighted by atomic mass is 16.3. The highest BCUT2D eigenvalue weighted by Crippen LogP contribution is 2.22. The van der Waals surface area contributed by atoms with Gasteiger partial charge in [-0.15, -0.1) is 0 Å². The Labute approximate surface area is 201 Å². The van der Waals surface area contributed by atoms with E-state index in [2.05, 4.69) is 16.0 Å². The van der Waals surface area contributed by atoms with Gasteiger partial charge in [-0.05, 0) is 65.8 Å². The molecule has 0 radical (unpaired) electrons. The molecule has 0 aliphatic rings. The second kappa shape index (κ2) is 9.89. The van der Waals surface area contributed by atoms with Gasteiger partial charge in [-0.2, -0.15) is 0 Å². The topological polar surface area (TPSA) is 95.4 Å². The summed E-state index contributed by atoms with van der Waals surface area (Å²) in [5.41, 5.74) is 1.80. The van der Waals surface area contributed by atoms with Crippen molar-refractivity contribution in [1.82, 2.24) is 15.2 Å². The van der Waals surface area contributed by atoms with Crippen molar-refractivity contribution in [2.75, 3.05) is 11.9 Å². The molecule has 0 bridgehead atoms. The number of aromatic nitrogens is 1. The second-order valence-electron chi connectivity index (χ2n) is 10.7. The van der Waals surface area contributed by atoms with Crippen LogP contribution < -0.4 is 16.0 Å². The predicted molar refractivity (Wildman–Crippen MR) is 137 cm³/mol. The summed E-state index contributed by atoms with van der Waals surface area (Å²) in [6.07, 6.45) is -0.796. The lowest BCUT2D eigenvalue weighted by molar-refractivity contribution is 0.0900. The Hall–Kier alpha value is -3.32. The fourth-order valence-corrected chi connectivity index (χ4v) is 3.75. The Morgan fingerprint density at radius 1 is 0.882 bits per heavy atom. The second-order valence-corrected chi connectivity index (χ2v) is 10.7. The predicted octanol–water partition coefficient (Wildman–Crippen LogP) is 4.17. The van der Waals surface area contributed by atoms with Gasteiger partial charge in [0.2, 0.25) is 0 Å². The zero-order chi connectivity index (χ0) is 25.1. The Balaban J connectivity index is 1.78. The molecular weight excluding hydrogens is 428 g/mol. The maximum atomic E-state index is 13.0. The van der Waals surface area contributed by atoms with Gasteiger partial charge >= 0.3 is 0 Å². The zero-order valence-electron chi connectivity index (χ0n) is 20.9. The summed E-state index contributed by atoms with van der Waals surface area (Å²) in [5, 5.41) is 21.0. The summed E-state index contributed by atoms with van der Waals surface area (Å²) in [5.74, 6) is -0.365. The molecule has 7 nitrogen and oxygen atoms in total. The van der Waals surface area contributed by atoms with Crippen LogP contribution in [0.15, 0.2) is 54.6 Å². The Bertz CT molecular complexity index is 1170. The number of para-hydroxylation sites is 2. The molecule has 182 valence electrons. The van der Waals surface area contributed by atoms with Crippen LogP contribution in [0.3, 0.4) is 0 Å². The molecule has 1 heterocycles. The van der Waals surface area contributed by atoms with Gasteiger partial charge in [0, 0.05) is 34.2 Å². The van der Waals surface area contributed by atoms with E-state index in [0.717, 1.165) is 10.9 Å². The summed E-state index contributed by atoms with van der Waals surface area (Å²) in [4.78, 5) is 25.7. The van der Waals surface area contributed by atoms with Gasteiger partial charge in [0.15, 0.2) is 0 Å². The van der Waals surface area contributed by atoms with Crippen LogP contribution in [0.1, 0.15) is 62.4 Å². The van der Waals surface area contributed by atoms with E-state index in [4.69, 9.17) is 0 Å². The van der Waals surface area contributed by atoms with Gasteiger partial charge in [-0.1, -0.05) is 30.3 Å². The number of amides is 2. The molecule has 3 aromatic rings. The van der Waals surface area contributed by atoms with Crippen molar-refractivity contribution in [3.05, 3.63) is 65.9 Å². The number of aliphatic hydroxyl groups is 1. The molecule has 2 amide bonds. The Kier molecular flexibility index (Phi) is 7.36. The van der Waals surface area contributed by atoms with Gasteiger partial charge in [0.1, 0.15) is 5.69 Å². The van der Waals surface area contributed by atoms with E-state index in [1.54, 1.807) is 6.07 Å². The molecule has 7 heteroatoms. The van der Waals surface area contributed by atoms with Gasteiger partial charge in [-0.25, -0.2) is 0 Å². The van der Waals surface area contributed by atoms with E-state index in [0.29, 0.717) is 16.9 Å². The number of carbonyl (C=O) groups is 2. The minimum absolute atomic E-state index is 0.178. The number of nitrogens with zero attached hydrogens (tertiary/aromatic N) is 1. The average Bonchev–Trinajstić information content (AvgIpc) is 3.09. The van der Waals surface area contributed by atoms with Crippen LogP contribution in [0.2, 0.25) is 0 Å². The number of carbonyl (C=O) groups excluding carboxylic acids is 2. The van der Waals surface area contributed by atoms with E-state index < -0.39 is 6.10 Å². The molecule has 1 unspecified atom stereocenters. The van der Waals surface area contributed by atoms with Crippen molar-refractivity contribution in [3.63, 3.8) is 0 Å². The minimum Gasteiger partial charge on any atom is -0.389 e. The highest BCUT2D eigenvalue weighted by molar-refractivity contribution is 6.00. The van der Waals surface area contributed by atoms with Crippen molar-refractivity contribution in [1.29, 1.82) is 0 Å². The molecule has 0 aliphatic carbocycles. The number of anilines is 1. The first-order valence-corrected chi connectivity index (χ1v) is 11.6. The first-order valence-electron chi connectivity index (χ1n) is 11.6. The van der Waals surface area contributed by atoms with E-state index in [1.165, 1.54) is 0 Å². The van der Waals surface area contributed by atoms with Crippen molar-refractivity contribution in [2.24, 2.45) is 0 Å².